The fraction of sp³-hybridized carbons (Fsp3) is 0.385. The number of ether oxygens (including phenoxy) is 1. The molecule has 2 aromatic heterocycles. The van der Waals surface area contributed by atoms with Crippen molar-refractivity contribution < 1.29 is 4.74 Å². The molecule has 3 N–H and O–H groups in total. The van der Waals surface area contributed by atoms with Gasteiger partial charge in [0.2, 0.25) is 0 Å². The summed E-state index contributed by atoms with van der Waals surface area (Å²) in [7, 11) is 0. The molecule has 0 unspecified atom stereocenters. The van der Waals surface area contributed by atoms with E-state index >= 15 is 0 Å². The summed E-state index contributed by atoms with van der Waals surface area (Å²) in [6, 6.07) is 3.84. The monoisotopic (exact) mass is 278 g/mol. The Morgan fingerprint density at radius 1 is 1.42 bits per heavy atom. The Morgan fingerprint density at radius 3 is 2.95 bits per heavy atom. The van der Waals surface area contributed by atoms with Crippen molar-refractivity contribution in [3.63, 3.8) is 0 Å². The third-order valence-corrected chi connectivity index (χ3v) is 3.65. The second-order valence-electron chi connectivity index (χ2n) is 4.11. The van der Waals surface area contributed by atoms with Gasteiger partial charge in [0.1, 0.15) is 18.2 Å². The summed E-state index contributed by atoms with van der Waals surface area (Å²) >= 11 is 1.73. The number of aromatic nitrogens is 2. The zero-order valence-corrected chi connectivity index (χ0v) is 12.0. The molecule has 0 radical (unpaired) electrons. The number of thiophene rings is 1. The summed E-state index contributed by atoms with van der Waals surface area (Å²) in [4.78, 5) is 9.81. The fourth-order valence-corrected chi connectivity index (χ4v) is 2.47. The molecule has 2 aromatic rings. The molecular weight excluding hydrogens is 260 g/mol. The quantitative estimate of drug-likeness (QED) is 0.849. The van der Waals surface area contributed by atoms with Crippen LogP contribution in [-0.2, 0) is 17.9 Å². The van der Waals surface area contributed by atoms with Gasteiger partial charge >= 0.3 is 0 Å². The molecule has 0 amide bonds. The number of aryl methyl sites for hydroxylation is 1. The maximum Gasteiger partial charge on any atom is 0.158 e. The molecule has 0 spiro atoms. The summed E-state index contributed by atoms with van der Waals surface area (Å²) < 4.78 is 5.29. The molecule has 6 heteroatoms. The summed E-state index contributed by atoms with van der Waals surface area (Å²) in [5.74, 6) is 1.79. The van der Waals surface area contributed by atoms with Crippen molar-refractivity contribution in [1.29, 1.82) is 0 Å². The Kier molecular flexibility index (Phi) is 4.70. The largest absolute Gasteiger partial charge is 0.384 e. The maximum absolute atomic E-state index is 5.77. The van der Waals surface area contributed by atoms with Gasteiger partial charge in [0.15, 0.2) is 5.82 Å². The molecule has 0 fully saturated rings. The number of hydrogen-bond donors (Lipinski definition) is 2. The number of anilines is 2. The summed E-state index contributed by atoms with van der Waals surface area (Å²) in [5.41, 5.74) is 7.05. The number of nitrogens with zero attached hydrogens (tertiary/aromatic N) is 2. The van der Waals surface area contributed by atoms with Gasteiger partial charge in [-0.05, 0) is 30.9 Å². The van der Waals surface area contributed by atoms with Crippen LogP contribution in [0, 0.1) is 6.92 Å². The van der Waals surface area contributed by atoms with Crippen LogP contribution in [0.4, 0.5) is 11.6 Å². The minimum absolute atomic E-state index is 0.383. The number of nitrogen functional groups attached to an aromatic ring is 1. The van der Waals surface area contributed by atoms with Gasteiger partial charge in [-0.15, -0.1) is 11.3 Å². The molecule has 102 valence electrons. The van der Waals surface area contributed by atoms with E-state index in [9.17, 15) is 0 Å². The second kappa shape index (κ2) is 6.49. The van der Waals surface area contributed by atoms with Gasteiger partial charge < -0.3 is 15.8 Å². The molecule has 0 atom stereocenters. The van der Waals surface area contributed by atoms with E-state index in [1.807, 2.05) is 6.92 Å². The number of nitrogens with two attached hydrogens (primary N) is 1. The van der Waals surface area contributed by atoms with Gasteiger partial charge in [0.25, 0.3) is 0 Å². The molecule has 0 aliphatic carbocycles. The Balaban J connectivity index is 2.03. The van der Waals surface area contributed by atoms with E-state index in [4.69, 9.17) is 10.5 Å². The summed E-state index contributed by atoms with van der Waals surface area (Å²) in [6.45, 7) is 5.80. The van der Waals surface area contributed by atoms with Gasteiger partial charge in [-0.25, -0.2) is 9.97 Å². The highest BCUT2D eigenvalue weighted by atomic mass is 32.1. The van der Waals surface area contributed by atoms with Gasteiger partial charge in [-0.1, -0.05) is 0 Å². The predicted molar refractivity (Wildman–Crippen MR) is 78.2 cm³/mol. The highest BCUT2D eigenvalue weighted by Gasteiger charge is 2.04. The zero-order valence-electron chi connectivity index (χ0n) is 11.1. The van der Waals surface area contributed by atoms with E-state index in [1.54, 1.807) is 17.4 Å². The lowest BCUT2D eigenvalue weighted by atomic mass is 10.3. The van der Waals surface area contributed by atoms with Crippen LogP contribution in [0.25, 0.3) is 0 Å². The van der Waals surface area contributed by atoms with Crippen LogP contribution in [0.5, 0.6) is 0 Å². The molecule has 0 aliphatic heterocycles. The Labute approximate surface area is 116 Å². The smallest absolute Gasteiger partial charge is 0.158 e. The fourth-order valence-electron chi connectivity index (χ4n) is 1.62. The third kappa shape index (κ3) is 3.90. The van der Waals surface area contributed by atoms with Crippen LogP contribution in [0.3, 0.4) is 0 Å². The first-order valence-corrected chi connectivity index (χ1v) is 7.05. The van der Waals surface area contributed by atoms with Crippen LogP contribution in [0.1, 0.15) is 23.2 Å². The molecule has 0 saturated carbocycles. The Hall–Kier alpha value is -1.66. The lowest BCUT2D eigenvalue weighted by molar-refractivity contribution is 0.128. The Bertz CT molecular complexity index is 541. The SMILES string of the molecule is CCOCc1nc(N)cc(NCc2sccc2C)n1. The van der Waals surface area contributed by atoms with E-state index in [2.05, 4.69) is 33.7 Å². The molecule has 5 nitrogen and oxygen atoms in total. The van der Waals surface area contributed by atoms with Crippen LogP contribution in [0.2, 0.25) is 0 Å². The zero-order chi connectivity index (χ0) is 13.7. The van der Waals surface area contributed by atoms with Crippen molar-refractivity contribution in [3.05, 3.63) is 33.8 Å². The molecule has 0 saturated heterocycles. The third-order valence-electron chi connectivity index (χ3n) is 2.63. The predicted octanol–water partition coefficient (Wildman–Crippen LogP) is 2.58. The first-order valence-electron chi connectivity index (χ1n) is 6.17. The van der Waals surface area contributed by atoms with E-state index in [0.717, 1.165) is 12.4 Å². The summed E-state index contributed by atoms with van der Waals surface area (Å²) in [6.07, 6.45) is 0. The molecule has 0 bridgehead atoms. The van der Waals surface area contributed by atoms with Crippen LogP contribution < -0.4 is 11.1 Å². The minimum atomic E-state index is 0.383. The standard InChI is InChI=1S/C13H18N4OS/c1-3-18-8-13-16-11(14)6-12(17-13)15-7-10-9(2)4-5-19-10/h4-6H,3,7-8H2,1-2H3,(H3,14,15,16,17). The van der Waals surface area contributed by atoms with Crippen molar-refractivity contribution in [3.8, 4) is 0 Å². The average Bonchev–Trinajstić information content (AvgIpc) is 2.79. The van der Waals surface area contributed by atoms with Crippen LogP contribution in [0.15, 0.2) is 17.5 Å². The van der Waals surface area contributed by atoms with Gasteiger partial charge in [0, 0.05) is 17.6 Å². The topological polar surface area (TPSA) is 73.1 Å². The molecular formula is C13H18N4OS. The first-order chi connectivity index (χ1) is 9.19. The Morgan fingerprint density at radius 2 is 2.26 bits per heavy atom. The van der Waals surface area contributed by atoms with E-state index < -0.39 is 0 Å². The highest BCUT2D eigenvalue weighted by molar-refractivity contribution is 7.10. The second-order valence-corrected chi connectivity index (χ2v) is 5.11. The lowest BCUT2D eigenvalue weighted by Crippen LogP contribution is -2.07. The first kappa shape index (κ1) is 13.8. The molecule has 2 rings (SSSR count). The maximum atomic E-state index is 5.77. The van der Waals surface area contributed by atoms with Crippen LogP contribution >= 0.6 is 11.3 Å². The summed E-state index contributed by atoms with van der Waals surface area (Å²) in [5, 5.41) is 5.35. The minimum Gasteiger partial charge on any atom is -0.384 e. The van der Waals surface area contributed by atoms with E-state index in [0.29, 0.717) is 24.9 Å². The normalized spacial score (nSPS) is 10.6. The van der Waals surface area contributed by atoms with Crippen molar-refractivity contribution in [2.45, 2.75) is 27.0 Å². The molecule has 2 heterocycles. The van der Waals surface area contributed by atoms with Crippen molar-refractivity contribution in [2.24, 2.45) is 0 Å². The number of rotatable bonds is 6. The van der Waals surface area contributed by atoms with Gasteiger partial charge in [0.05, 0.1) is 6.54 Å². The number of hydrogen-bond acceptors (Lipinski definition) is 6. The van der Waals surface area contributed by atoms with E-state index in [-0.39, 0.29) is 0 Å². The van der Waals surface area contributed by atoms with Crippen molar-refractivity contribution >= 4 is 23.0 Å². The lowest BCUT2D eigenvalue weighted by Gasteiger charge is -2.08. The van der Waals surface area contributed by atoms with Gasteiger partial charge in [-0.2, -0.15) is 0 Å². The van der Waals surface area contributed by atoms with Gasteiger partial charge in [-0.3, -0.25) is 0 Å². The van der Waals surface area contributed by atoms with Crippen molar-refractivity contribution in [1.82, 2.24) is 9.97 Å². The van der Waals surface area contributed by atoms with Crippen LogP contribution in [-0.4, -0.2) is 16.6 Å². The van der Waals surface area contributed by atoms with E-state index in [1.165, 1.54) is 10.4 Å². The molecule has 0 aromatic carbocycles. The molecule has 19 heavy (non-hydrogen) atoms. The van der Waals surface area contributed by atoms with Crippen molar-refractivity contribution in [2.75, 3.05) is 17.7 Å². The highest BCUT2D eigenvalue weighted by Crippen LogP contribution is 2.17. The average molecular weight is 278 g/mol. The number of nitrogens with one attached hydrogen (secondary N) is 1. The molecule has 0 aliphatic rings.